The molecule has 0 aromatic carbocycles. The van der Waals surface area contributed by atoms with Crippen LogP contribution in [0.15, 0.2) is 20.0 Å². The summed E-state index contributed by atoms with van der Waals surface area (Å²) in [6.45, 7) is 4.92. The molecule has 0 radical (unpaired) electrons. The Morgan fingerprint density at radius 1 is 1.40 bits per heavy atom. The quantitative estimate of drug-likeness (QED) is 0.875. The van der Waals surface area contributed by atoms with Crippen LogP contribution in [0.2, 0.25) is 0 Å². The molecule has 1 aromatic rings. The fourth-order valence-electron chi connectivity index (χ4n) is 2.30. The van der Waals surface area contributed by atoms with E-state index in [4.69, 9.17) is 9.15 Å². The van der Waals surface area contributed by atoms with Gasteiger partial charge in [0.15, 0.2) is 4.67 Å². The number of nitrogens with one attached hydrogen (secondary N) is 1. The molecule has 1 fully saturated rings. The minimum atomic E-state index is -3.57. The van der Waals surface area contributed by atoms with Crippen molar-refractivity contribution in [1.29, 1.82) is 0 Å². The minimum Gasteiger partial charge on any atom is -0.452 e. The summed E-state index contributed by atoms with van der Waals surface area (Å²) in [5.74, 6) is 0.576. The number of nitrogens with zero attached hydrogens (tertiary/aromatic N) is 1. The van der Waals surface area contributed by atoms with E-state index in [9.17, 15) is 8.42 Å². The zero-order valence-electron chi connectivity index (χ0n) is 11.7. The molecule has 6 nitrogen and oxygen atoms in total. The molecule has 2 heterocycles. The van der Waals surface area contributed by atoms with E-state index in [0.29, 0.717) is 25.4 Å². The molecule has 1 N–H and O–H groups in total. The highest BCUT2D eigenvalue weighted by Gasteiger charge is 2.34. The molecule has 2 unspecified atom stereocenters. The Kier molecular flexibility index (Phi) is 4.91. The van der Waals surface area contributed by atoms with E-state index in [1.54, 1.807) is 13.1 Å². The smallest absolute Gasteiger partial charge is 0.247 e. The largest absolute Gasteiger partial charge is 0.452 e. The van der Waals surface area contributed by atoms with E-state index in [1.165, 1.54) is 4.31 Å². The van der Waals surface area contributed by atoms with E-state index in [0.717, 1.165) is 0 Å². The first-order valence-corrected chi connectivity index (χ1v) is 8.66. The summed E-state index contributed by atoms with van der Waals surface area (Å²) in [7, 11) is -1.80. The molecular weight excluding hydrogens is 348 g/mol. The van der Waals surface area contributed by atoms with E-state index in [-0.39, 0.29) is 21.8 Å². The van der Waals surface area contributed by atoms with Gasteiger partial charge in [0.1, 0.15) is 10.7 Å². The summed E-state index contributed by atoms with van der Waals surface area (Å²) in [6, 6.07) is 1.56. The lowest BCUT2D eigenvalue weighted by atomic mass is 10.3. The van der Waals surface area contributed by atoms with Crippen LogP contribution in [0.1, 0.15) is 19.6 Å². The Hall–Kier alpha value is -0.410. The third kappa shape index (κ3) is 3.25. The lowest BCUT2D eigenvalue weighted by Crippen LogP contribution is -2.48. The molecule has 0 saturated carbocycles. The Morgan fingerprint density at radius 2 is 2.00 bits per heavy atom. The highest BCUT2D eigenvalue weighted by atomic mass is 79.9. The molecule has 2 rings (SSSR count). The Morgan fingerprint density at radius 3 is 2.55 bits per heavy atom. The highest BCUT2D eigenvalue weighted by Crippen LogP contribution is 2.30. The number of hydrogen-bond acceptors (Lipinski definition) is 5. The SMILES string of the molecule is CNCc1cc(S(=O)(=O)N2CC(C)OC(C)C2)c(Br)o1. The maximum atomic E-state index is 12.7. The molecule has 0 bridgehead atoms. The van der Waals surface area contributed by atoms with Gasteiger partial charge in [0.25, 0.3) is 0 Å². The topological polar surface area (TPSA) is 71.8 Å². The van der Waals surface area contributed by atoms with Crippen molar-refractivity contribution in [2.75, 3.05) is 20.1 Å². The average molecular weight is 367 g/mol. The van der Waals surface area contributed by atoms with Crippen molar-refractivity contribution in [3.8, 4) is 0 Å². The number of furan rings is 1. The Labute approximate surface area is 127 Å². The van der Waals surface area contributed by atoms with Crippen LogP contribution in [0.25, 0.3) is 0 Å². The highest BCUT2D eigenvalue weighted by molar-refractivity contribution is 9.10. The predicted octanol–water partition coefficient (Wildman–Crippen LogP) is 1.56. The summed E-state index contributed by atoms with van der Waals surface area (Å²) in [4.78, 5) is 0.170. The van der Waals surface area contributed by atoms with Gasteiger partial charge in [0.05, 0.1) is 18.8 Å². The monoisotopic (exact) mass is 366 g/mol. The van der Waals surface area contributed by atoms with Gasteiger partial charge in [-0.2, -0.15) is 4.31 Å². The summed E-state index contributed by atoms with van der Waals surface area (Å²) in [5.41, 5.74) is 0. The summed E-state index contributed by atoms with van der Waals surface area (Å²) < 4.78 is 38.0. The van der Waals surface area contributed by atoms with Gasteiger partial charge in [-0.05, 0) is 36.8 Å². The second-order valence-corrected chi connectivity index (χ2v) is 7.59. The second-order valence-electron chi connectivity index (χ2n) is 4.96. The van der Waals surface area contributed by atoms with Crippen LogP contribution in [-0.2, 0) is 21.3 Å². The van der Waals surface area contributed by atoms with Crippen molar-refractivity contribution < 1.29 is 17.6 Å². The van der Waals surface area contributed by atoms with E-state index in [1.807, 2.05) is 13.8 Å². The van der Waals surface area contributed by atoms with Crippen molar-refractivity contribution >= 4 is 26.0 Å². The maximum absolute atomic E-state index is 12.7. The van der Waals surface area contributed by atoms with Gasteiger partial charge in [0.2, 0.25) is 10.0 Å². The third-order valence-electron chi connectivity index (χ3n) is 3.06. The number of hydrogen-bond donors (Lipinski definition) is 1. The van der Waals surface area contributed by atoms with E-state index < -0.39 is 10.0 Å². The van der Waals surface area contributed by atoms with Crippen LogP contribution in [-0.4, -0.2) is 45.1 Å². The Bertz CT molecular complexity index is 562. The lowest BCUT2D eigenvalue weighted by Gasteiger charge is -2.34. The first kappa shape index (κ1) is 16.0. The van der Waals surface area contributed by atoms with Gasteiger partial charge in [-0.3, -0.25) is 0 Å². The maximum Gasteiger partial charge on any atom is 0.247 e. The van der Waals surface area contributed by atoms with Crippen LogP contribution in [0.3, 0.4) is 0 Å². The first-order chi connectivity index (χ1) is 9.34. The van der Waals surface area contributed by atoms with Crippen LogP contribution >= 0.6 is 15.9 Å². The van der Waals surface area contributed by atoms with Gasteiger partial charge in [0, 0.05) is 19.2 Å². The number of morpholine rings is 1. The van der Waals surface area contributed by atoms with Crippen molar-refractivity contribution in [1.82, 2.24) is 9.62 Å². The summed E-state index contributed by atoms with van der Waals surface area (Å²) in [6.07, 6.45) is -0.230. The van der Waals surface area contributed by atoms with Gasteiger partial charge in [-0.25, -0.2) is 8.42 Å². The molecule has 114 valence electrons. The normalized spacial score (nSPS) is 25.0. The van der Waals surface area contributed by atoms with Crippen molar-refractivity contribution in [2.24, 2.45) is 0 Å². The summed E-state index contributed by atoms with van der Waals surface area (Å²) >= 11 is 3.19. The number of sulfonamides is 1. The van der Waals surface area contributed by atoms with Crippen LogP contribution in [0.5, 0.6) is 0 Å². The lowest BCUT2D eigenvalue weighted by molar-refractivity contribution is -0.0441. The van der Waals surface area contributed by atoms with Gasteiger partial charge in [-0.1, -0.05) is 0 Å². The van der Waals surface area contributed by atoms with E-state index >= 15 is 0 Å². The fraction of sp³-hybridized carbons (Fsp3) is 0.667. The Balaban J connectivity index is 2.30. The summed E-state index contributed by atoms with van der Waals surface area (Å²) in [5, 5.41) is 2.93. The second kappa shape index (κ2) is 6.15. The molecular formula is C12H19BrN2O4S. The van der Waals surface area contributed by atoms with Gasteiger partial charge < -0.3 is 14.5 Å². The molecule has 20 heavy (non-hydrogen) atoms. The zero-order valence-corrected chi connectivity index (χ0v) is 14.1. The molecule has 2 atom stereocenters. The minimum absolute atomic E-state index is 0.115. The standard InChI is InChI=1S/C12H19BrN2O4S/c1-8-6-15(7-9(2)18-8)20(16,17)11-4-10(5-14-3)19-12(11)13/h4,8-9,14H,5-7H2,1-3H3. The molecule has 1 aliphatic rings. The number of rotatable bonds is 4. The van der Waals surface area contributed by atoms with Crippen LogP contribution < -0.4 is 5.32 Å². The molecule has 0 amide bonds. The predicted molar refractivity (Wildman–Crippen MR) is 77.9 cm³/mol. The number of ether oxygens (including phenoxy) is 1. The molecule has 1 saturated heterocycles. The molecule has 0 aliphatic carbocycles. The van der Waals surface area contributed by atoms with Crippen LogP contribution in [0.4, 0.5) is 0 Å². The van der Waals surface area contributed by atoms with Gasteiger partial charge >= 0.3 is 0 Å². The molecule has 1 aromatic heterocycles. The molecule has 1 aliphatic heterocycles. The fourth-order valence-corrected chi connectivity index (χ4v) is 4.85. The van der Waals surface area contributed by atoms with Crippen molar-refractivity contribution in [2.45, 2.75) is 37.5 Å². The van der Waals surface area contributed by atoms with Crippen molar-refractivity contribution in [3.63, 3.8) is 0 Å². The van der Waals surface area contributed by atoms with Crippen LogP contribution in [0, 0.1) is 0 Å². The third-order valence-corrected chi connectivity index (χ3v) is 5.75. The zero-order chi connectivity index (χ0) is 14.9. The average Bonchev–Trinajstić information content (AvgIpc) is 2.70. The molecule has 0 spiro atoms. The molecule has 8 heteroatoms. The van der Waals surface area contributed by atoms with E-state index in [2.05, 4.69) is 21.2 Å². The first-order valence-electron chi connectivity index (χ1n) is 6.43. The van der Waals surface area contributed by atoms with Crippen molar-refractivity contribution in [3.05, 3.63) is 16.5 Å². The van der Waals surface area contributed by atoms with Gasteiger partial charge in [-0.15, -0.1) is 0 Å². The number of halogens is 1.